The number of benzene rings is 1. The molecule has 0 bridgehead atoms. The van der Waals surface area contributed by atoms with Crippen LogP contribution in [0.5, 0.6) is 5.75 Å². The van der Waals surface area contributed by atoms with Gasteiger partial charge in [-0.1, -0.05) is 24.6 Å². The molecule has 20 heavy (non-hydrogen) atoms. The molecule has 114 valence electrons. The van der Waals surface area contributed by atoms with E-state index in [1.807, 2.05) is 26.0 Å². The zero-order chi connectivity index (χ0) is 14.1. The van der Waals surface area contributed by atoms with E-state index in [0.29, 0.717) is 19.6 Å². The Hall–Kier alpha value is -1.26. The Bertz CT molecular complexity index is 411. The molecular weight excluding hydrogens is 276 g/mol. The Morgan fingerprint density at radius 2 is 2.00 bits per heavy atom. The van der Waals surface area contributed by atoms with Crippen LogP contribution in [-0.4, -0.2) is 32.1 Å². The summed E-state index contributed by atoms with van der Waals surface area (Å²) >= 11 is 0. The monoisotopic (exact) mass is 300 g/mol. The van der Waals surface area contributed by atoms with Crippen molar-refractivity contribution in [2.24, 2.45) is 0 Å². The highest BCUT2D eigenvalue weighted by Gasteiger charge is 2.03. The van der Waals surface area contributed by atoms with E-state index >= 15 is 0 Å². The number of nitrogens with one attached hydrogen (secondary N) is 2. The molecule has 0 unspecified atom stereocenters. The maximum Gasteiger partial charge on any atom is 0.223 e. The third kappa shape index (κ3) is 7.36. The lowest BCUT2D eigenvalue weighted by atomic mass is 10.1. The third-order valence-corrected chi connectivity index (χ3v) is 2.79. The molecule has 1 aromatic rings. The number of halogens is 1. The second-order valence-corrected chi connectivity index (χ2v) is 4.57. The van der Waals surface area contributed by atoms with E-state index in [-0.39, 0.29) is 18.3 Å². The Labute approximate surface area is 127 Å². The first-order chi connectivity index (χ1) is 9.13. The highest BCUT2D eigenvalue weighted by molar-refractivity contribution is 5.85. The van der Waals surface area contributed by atoms with E-state index in [9.17, 15) is 4.79 Å². The lowest BCUT2D eigenvalue weighted by molar-refractivity contribution is -0.121. The molecule has 0 atom stereocenters. The topological polar surface area (TPSA) is 50.4 Å². The van der Waals surface area contributed by atoms with Crippen LogP contribution < -0.4 is 15.4 Å². The van der Waals surface area contributed by atoms with Gasteiger partial charge in [-0.3, -0.25) is 4.79 Å². The molecule has 0 spiro atoms. The summed E-state index contributed by atoms with van der Waals surface area (Å²) in [5.41, 5.74) is 2.32. The van der Waals surface area contributed by atoms with Crippen LogP contribution in [0.4, 0.5) is 0 Å². The standard InChI is InChI=1S/C15H24N2O2.ClH/c1-4-16-8-9-17-15(18)7-10-19-14-6-5-12(2)11-13(14)3;/h5-6,11,16H,4,7-10H2,1-3H3,(H,17,18);1H. The second-order valence-electron chi connectivity index (χ2n) is 4.57. The van der Waals surface area contributed by atoms with E-state index in [2.05, 4.69) is 23.6 Å². The molecule has 1 rings (SSSR count). The van der Waals surface area contributed by atoms with Gasteiger partial charge in [-0.2, -0.15) is 0 Å². The first-order valence-corrected chi connectivity index (χ1v) is 6.81. The zero-order valence-corrected chi connectivity index (χ0v) is 13.3. The van der Waals surface area contributed by atoms with Crippen molar-refractivity contribution in [3.8, 4) is 5.75 Å². The molecule has 0 radical (unpaired) electrons. The van der Waals surface area contributed by atoms with Gasteiger partial charge in [0, 0.05) is 13.1 Å². The van der Waals surface area contributed by atoms with Crippen molar-refractivity contribution in [2.45, 2.75) is 27.2 Å². The van der Waals surface area contributed by atoms with E-state index in [1.54, 1.807) is 0 Å². The SMILES string of the molecule is CCNCCNC(=O)CCOc1ccc(C)cc1C.Cl. The summed E-state index contributed by atoms with van der Waals surface area (Å²) in [6.07, 6.45) is 0.388. The quantitative estimate of drug-likeness (QED) is 0.724. The Balaban J connectivity index is 0.00000361. The fourth-order valence-electron chi connectivity index (χ4n) is 1.77. The van der Waals surface area contributed by atoms with Crippen LogP contribution in [0.2, 0.25) is 0 Å². The van der Waals surface area contributed by atoms with E-state index in [4.69, 9.17) is 4.74 Å². The van der Waals surface area contributed by atoms with Gasteiger partial charge in [-0.05, 0) is 32.0 Å². The highest BCUT2D eigenvalue weighted by Crippen LogP contribution is 2.18. The largest absolute Gasteiger partial charge is 0.493 e. The van der Waals surface area contributed by atoms with Crippen molar-refractivity contribution in [1.29, 1.82) is 0 Å². The molecule has 0 heterocycles. The minimum Gasteiger partial charge on any atom is -0.493 e. The highest BCUT2D eigenvalue weighted by atomic mass is 35.5. The zero-order valence-electron chi connectivity index (χ0n) is 12.5. The van der Waals surface area contributed by atoms with Gasteiger partial charge >= 0.3 is 0 Å². The van der Waals surface area contributed by atoms with E-state index in [1.165, 1.54) is 5.56 Å². The fraction of sp³-hybridized carbons (Fsp3) is 0.533. The van der Waals surface area contributed by atoms with Gasteiger partial charge in [-0.25, -0.2) is 0 Å². The molecule has 2 N–H and O–H groups in total. The molecule has 0 fully saturated rings. The van der Waals surface area contributed by atoms with Gasteiger partial charge in [0.15, 0.2) is 0 Å². The number of likely N-dealkylation sites (N-methyl/N-ethyl adjacent to an activating group) is 1. The lowest BCUT2D eigenvalue weighted by Gasteiger charge is -2.10. The summed E-state index contributed by atoms with van der Waals surface area (Å²) < 4.78 is 5.61. The Morgan fingerprint density at radius 1 is 1.25 bits per heavy atom. The fourth-order valence-corrected chi connectivity index (χ4v) is 1.77. The van der Waals surface area contributed by atoms with Crippen molar-refractivity contribution in [1.82, 2.24) is 10.6 Å². The van der Waals surface area contributed by atoms with Crippen molar-refractivity contribution in [3.63, 3.8) is 0 Å². The number of ether oxygens (including phenoxy) is 1. The summed E-state index contributed by atoms with van der Waals surface area (Å²) in [4.78, 5) is 11.5. The molecule has 5 heteroatoms. The smallest absolute Gasteiger partial charge is 0.223 e. The number of hydrogen-bond acceptors (Lipinski definition) is 3. The van der Waals surface area contributed by atoms with Crippen molar-refractivity contribution < 1.29 is 9.53 Å². The van der Waals surface area contributed by atoms with Crippen LogP contribution >= 0.6 is 12.4 Å². The second kappa shape index (κ2) is 10.5. The van der Waals surface area contributed by atoms with Crippen molar-refractivity contribution in [3.05, 3.63) is 29.3 Å². The molecule has 0 aliphatic carbocycles. The minimum absolute atomic E-state index is 0. The van der Waals surface area contributed by atoms with Gasteiger partial charge in [0.2, 0.25) is 5.91 Å². The van der Waals surface area contributed by atoms with Gasteiger partial charge in [0.05, 0.1) is 13.0 Å². The predicted molar refractivity (Wildman–Crippen MR) is 84.8 cm³/mol. The van der Waals surface area contributed by atoms with Crippen molar-refractivity contribution in [2.75, 3.05) is 26.2 Å². The van der Waals surface area contributed by atoms with E-state index < -0.39 is 0 Å². The van der Waals surface area contributed by atoms with Gasteiger partial charge in [0.25, 0.3) is 0 Å². The average Bonchev–Trinajstić information content (AvgIpc) is 2.37. The van der Waals surface area contributed by atoms with Gasteiger partial charge < -0.3 is 15.4 Å². The third-order valence-electron chi connectivity index (χ3n) is 2.79. The molecule has 1 amide bonds. The molecular formula is C15H25ClN2O2. The molecule has 0 aliphatic heterocycles. The summed E-state index contributed by atoms with van der Waals surface area (Å²) in [7, 11) is 0. The summed E-state index contributed by atoms with van der Waals surface area (Å²) in [6, 6.07) is 6.04. The van der Waals surface area contributed by atoms with Crippen LogP contribution in [-0.2, 0) is 4.79 Å². The number of carbonyl (C=O) groups excluding carboxylic acids is 1. The molecule has 0 aromatic heterocycles. The van der Waals surface area contributed by atoms with Crippen LogP contribution in [0.15, 0.2) is 18.2 Å². The van der Waals surface area contributed by atoms with Gasteiger partial charge in [-0.15, -0.1) is 12.4 Å². The number of rotatable bonds is 8. The van der Waals surface area contributed by atoms with Crippen LogP contribution in [0.3, 0.4) is 0 Å². The Kier molecular flexibility index (Phi) is 9.86. The molecule has 0 aliphatic rings. The maximum atomic E-state index is 11.5. The molecule has 0 saturated heterocycles. The van der Waals surface area contributed by atoms with E-state index in [0.717, 1.165) is 24.4 Å². The first kappa shape index (κ1) is 18.7. The summed E-state index contributed by atoms with van der Waals surface area (Å²) in [6.45, 7) is 8.91. The molecule has 0 saturated carbocycles. The molecule has 4 nitrogen and oxygen atoms in total. The number of carbonyl (C=O) groups is 1. The summed E-state index contributed by atoms with van der Waals surface area (Å²) in [5, 5.41) is 6.00. The minimum atomic E-state index is 0. The van der Waals surface area contributed by atoms with Crippen LogP contribution in [0.1, 0.15) is 24.5 Å². The average molecular weight is 301 g/mol. The lowest BCUT2D eigenvalue weighted by Crippen LogP contribution is -2.32. The predicted octanol–water partition coefficient (Wildman–Crippen LogP) is 2.22. The van der Waals surface area contributed by atoms with Crippen LogP contribution in [0.25, 0.3) is 0 Å². The van der Waals surface area contributed by atoms with Gasteiger partial charge in [0.1, 0.15) is 5.75 Å². The number of aryl methyl sites for hydroxylation is 2. The Morgan fingerprint density at radius 3 is 2.65 bits per heavy atom. The first-order valence-electron chi connectivity index (χ1n) is 6.81. The van der Waals surface area contributed by atoms with Crippen molar-refractivity contribution >= 4 is 18.3 Å². The number of amides is 1. The maximum absolute atomic E-state index is 11.5. The number of hydrogen-bond donors (Lipinski definition) is 2. The normalized spacial score (nSPS) is 9.75. The van der Waals surface area contributed by atoms with Crippen LogP contribution in [0, 0.1) is 13.8 Å². The molecule has 1 aromatic carbocycles. The summed E-state index contributed by atoms with van der Waals surface area (Å²) in [5.74, 6) is 0.883.